The molecule has 0 saturated carbocycles. The van der Waals surface area contributed by atoms with E-state index in [1.807, 2.05) is 34.5 Å². The van der Waals surface area contributed by atoms with Crippen LogP contribution in [0.2, 0.25) is 0 Å². The van der Waals surface area contributed by atoms with Gasteiger partial charge in [0, 0.05) is 16.9 Å². The minimum atomic E-state index is 0.228. The van der Waals surface area contributed by atoms with Gasteiger partial charge in [-0.2, -0.15) is 16.9 Å². The highest BCUT2D eigenvalue weighted by molar-refractivity contribution is 8.00. The Kier molecular flexibility index (Phi) is 4.49. The molecule has 5 heteroatoms. The number of hydrogen-bond donors (Lipinski definition) is 1. The summed E-state index contributed by atoms with van der Waals surface area (Å²) in [5, 5.41) is 20.7. The van der Waals surface area contributed by atoms with Crippen molar-refractivity contribution >= 4 is 34.0 Å². The average Bonchev–Trinajstić information content (AvgIpc) is 2.86. The molecule has 0 bridgehead atoms. The SMILES string of the molecule is CCc1ccc2c(c1)c(N=Nc1ccc(C)c(C)c1)c(O)n2C1CSC1. The zero-order valence-corrected chi connectivity index (χ0v) is 16.2. The van der Waals surface area contributed by atoms with Gasteiger partial charge in [0.05, 0.1) is 17.2 Å². The Morgan fingerprint density at radius 1 is 1.08 bits per heavy atom. The number of aromatic nitrogens is 1. The van der Waals surface area contributed by atoms with Crippen molar-refractivity contribution in [3.05, 3.63) is 53.1 Å². The third-order valence-electron chi connectivity index (χ3n) is 5.17. The summed E-state index contributed by atoms with van der Waals surface area (Å²) in [6.07, 6.45) is 0.953. The van der Waals surface area contributed by atoms with Gasteiger partial charge in [0.25, 0.3) is 0 Å². The lowest BCUT2D eigenvalue weighted by Crippen LogP contribution is -2.22. The molecule has 1 fully saturated rings. The van der Waals surface area contributed by atoms with Crippen molar-refractivity contribution in [1.29, 1.82) is 0 Å². The Bertz CT molecular complexity index is 1000. The van der Waals surface area contributed by atoms with Gasteiger partial charge < -0.3 is 9.67 Å². The van der Waals surface area contributed by atoms with E-state index in [1.165, 1.54) is 16.7 Å². The van der Waals surface area contributed by atoms with Gasteiger partial charge in [0.1, 0.15) is 0 Å². The first-order chi connectivity index (χ1) is 12.6. The molecule has 0 spiro atoms. The van der Waals surface area contributed by atoms with Crippen molar-refractivity contribution in [1.82, 2.24) is 4.57 Å². The number of aromatic hydroxyl groups is 1. The molecular formula is C21H23N3OS. The van der Waals surface area contributed by atoms with Gasteiger partial charge in [0.15, 0.2) is 5.69 Å². The van der Waals surface area contributed by atoms with E-state index >= 15 is 0 Å². The van der Waals surface area contributed by atoms with Crippen LogP contribution in [0.3, 0.4) is 0 Å². The van der Waals surface area contributed by atoms with Gasteiger partial charge in [0.2, 0.25) is 5.88 Å². The minimum Gasteiger partial charge on any atom is -0.493 e. The largest absolute Gasteiger partial charge is 0.493 e. The molecule has 1 N–H and O–H groups in total. The molecule has 1 aromatic heterocycles. The first-order valence-corrected chi connectivity index (χ1v) is 10.2. The van der Waals surface area contributed by atoms with Gasteiger partial charge in [-0.05, 0) is 61.2 Å². The highest BCUT2D eigenvalue weighted by atomic mass is 32.2. The quantitative estimate of drug-likeness (QED) is 0.557. The Balaban J connectivity index is 1.83. The van der Waals surface area contributed by atoms with E-state index in [0.29, 0.717) is 11.7 Å². The second-order valence-corrected chi connectivity index (χ2v) is 7.98. The van der Waals surface area contributed by atoms with E-state index in [2.05, 4.69) is 49.2 Å². The van der Waals surface area contributed by atoms with Crippen molar-refractivity contribution < 1.29 is 5.11 Å². The molecule has 134 valence electrons. The monoisotopic (exact) mass is 365 g/mol. The Labute approximate surface area is 158 Å². The van der Waals surface area contributed by atoms with Crippen LogP contribution in [0.5, 0.6) is 5.88 Å². The average molecular weight is 366 g/mol. The van der Waals surface area contributed by atoms with E-state index in [9.17, 15) is 5.11 Å². The molecular weight excluding hydrogens is 342 g/mol. The fourth-order valence-electron chi connectivity index (χ4n) is 3.29. The van der Waals surface area contributed by atoms with Crippen LogP contribution in [-0.2, 0) is 6.42 Å². The van der Waals surface area contributed by atoms with Crippen LogP contribution in [-0.4, -0.2) is 21.2 Å². The molecule has 0 amide bonds. The first-order valence-electron chi connectivity index (χ1n) is 9.01. The minimum absolute atomic E-state index is 0.228. The van der Waals surface area contributed by atoms with E-state index in [-0.39, 0.29) is 5.88 Å². The molecule has 2 aromatic carbocycles. The molecule has 1 saturated heterocycles. The number of fused-ring (bicyclic) bond motifs is 1. The summed E-state index contributed by atoms with van der Waals surface area (Å²) in [7, 11) is 0. The zero-order chi connectivity index (χ0) is 18.3. The molecule has 3 aromatic rings. The van der Waals surface area contributed by atoms with Gasteiger partial charge in [-0.3, -0.25) is 0 Å². The van der Waals surface area contributed by atoms with Crippen LogP contribution >= 0.6 is 11.8 Å². The predicted octanol–water partition coefficient (Wildman–Crippen LogP) is 6.23. The summed E-state index contributed by atoms with van der Waals surface area (Å²) in [4.78, 5) is 0. The van der Waals surface area contributed by atoms with E-state index < -0.39 is 0 Å². The van der Waals surface area contributed by atoms with Crippen LogP contribution in [0.4, 0.5) is 11.4 Å². The van der Waals surface area contributed by atoms with Crippen molar-refractivity contribution in [2.24, 2.45) is 10.2 Å². The lowest BCUT2D eigenvalue weighted by Gasteiger charge is -2.27. The van der Waals surface area contributed by atoms with Crippen molar-refractivity contribution in [2.75, 3.05) is 11.5 Å². The number of benzene rings is 2. The Morgan fingerprint density at radius 3 is 2.54 bits per heavy atom. The third kappa shape index (κ3) is 2.90. The fraction of sp³-hybridized carbons (Fsp3) is 0.333. The fourth-order valence-corrected chi connectivity index (χ4v) is 4.03. The molecule has 2 heterocycles. The van der Waals surface area contributed by atoms with Crippen LogP contribution in [0.15, 0.2) is 46.6 Å². The topological polar surface area (TPSA) is 49.9 Å². The lowest BCUT2D eigenvalue weighted by molar-refractivity contribution is 0.406. The number of azo groups is 1. The molecule has 26 heavy (non-hydrogen) atoms. The second kappa shape index (κ2) is 6.80. The normalized spacial score (nSPS) is 15.0. The number of rotatable bonds is 4. The summed E-state index contributed by atoms with van der Waals surface area (Å²) in [5.41, 5.74) is 6.08. The zero-order valence-electron chi connectivity index (χ0n) is 15.4. The summed E-state index contributed by atoms with van der Waals surface area (Å²) < 4.78 is 2.03. The number of thioether (sulfide) groups is 1. The van der Waals surface area contributed by atoms with Crippen molar-refractivity contribution in [2.45, 2.75) is 33.2 Å². The third-order valence-corrected chi connectivity index (χ3v) is 6.41. The molecule has 4 rings (SSSR count). The second-order valence-electron chi connectivity index (χ2n) is 6.91. The van der Waals surface area contributed by atoms with Crippen LogP contribution in [0, 0.1) is 13.8 Å². The molecule has 1 aliphatic heterocycles. The molecule has 1 aliphatic rings. The number of aryl methyl sites for hydroxylation is 3. The molecule has 0 aliphatic carbocycles. The van der Waals surface area contributed by atoms with Crippen LogP contribution < -0.4 is 0 Å². The molecule has 0 unspecified atom stereocenters. The Hall–Kier alpha value is -2.27. The van der Waals surface area contributed by atoms with E-state index in [0.717, 1.165) is 34.5 Å². The Morgan fingerprint density at radius 2 is 1.88 bits per heavy atom. The van der Waals surface area contributed by atoms with Crippen molar-refractivity contribution in [3.8, 4) is 5.88 Å². The summed E-state index contributed by atoms with van der Waals surface area (Å²) in [6, 6.07) is 12.7. The number of hydrogen-bond acceptors (Lipinski definition) is 4. The maximum absolute atomic E-state index is 10.9. The van der Waals surface area contributed by atoms with Gasteiger partial charge in [-0.1, -0.05) is 19.1 Å². The first kappa shape index (κ1) is 17.2. The molecule has 0 radical (unpaired) electrons. The molecule has 4 nitrogen and oxygen atoms in total. The lowest BCUT2D eigenvalue weighted by atomic mass is 10.1. The van der Waals surface area contributed by atoms with Gasteiger partial charge >= 0.3 is 0 Å². The maximum atomic E-state index is 10.9. The smallest absolute Gasteiger partial charge is 0.221 e. The summed E-state index contributed by atoms with van der Waals surface area (Å²) in [5.74, 6) is 2.28. The summed E-state index contributed by atoms with van der Waals surface area (Å²) >= 11 is 1.90. The molecule has 0 atom stereocenters. The maximum Gasteiger partial charge on any atom is 0.221 e. The van der Waals surface area contributed by atoms with Gasteiger partial charge in [-0.25, -0.2) is 0 Å². The van der Waals surface area contributed by atoms with Crippen LogP contribution in [0.25, 0.3) is 10.9 Å². The van der Waals surface area contributed by atoms with Crippen molar-refractivity contribution in [3.63, 3.8) is 0 Å². The standard InChI is InChI=1S/C21H23N3OS/c1-4-15-6-8-19-18(10-15)20(21(25)24(19)17-11-26-12-17)23-22-16-7-5-13(2)14(3)9-16/h5-10,17,25H,4,11-12H2,1-3H3. The van der Waals surface area contributed by atoms with Gasteiger partial charge in [-0.15, -0.1) is 5.11 Å². The summed E-state index contributed by atoms with van der Waals surface area (Å²) in [6.45, 7) is 6.29. The predicted molar refractivity (Wildman–Crippen MR) is 109 cm³/mol. The van der Waals surface area contributed by atoms with Crippen LogP contribution in [0.1, 0.15) is 29.7 Å². The van der Waals surface area contributed by atoms with E-state index in [4.69, 9.17) is 0 Å². The number of nitrogens with zero attached hydrogens (tertiary/aromatic N) is 3. The van der Waals surface area contributed by atoms with E-state index in [1.54, 1.807) is 0 Å². The highest BCUT2D eigenvalue weighted by Crippen LogP contribution is 2.45. The highest BCUT2D eigenvalue weighted by Gasteiger charge is 2.27.